The molecule has 0 radical (unpaired) electrons. The quantitative estimate of drug-likeness (QED) is 0.193. The maximum atomic E-state index is 6.29. The van der Waals surface area contributed by atoms with Crippen LogP contribution in [-0.2, 0) is 18.9 Å². The molecular weight excluding hydrogens is 520 g/mol. The second-order valence-electron chi connectivity index (χ2n) is 11.8. The highest BCUT2D eigenvalue weighted by Gasteiger charge is 2.31. The van der Waals surface area contributed by atoms with E-state index in [9.17, 15) is 0 Å². The van der Waals surface area contributed by atoms with Gasteiger partial charge < -0.3 is 18.9 Å². The lowest BCUT2D eigenvalue weighted by Gasteiger charge is -2.35. The van der Waals surface area contributed by atoms with E-state index < -0.39 is 0 Å². The van der Waals surface area contributed by atoms with Crippen molar-refractivity contribution >= 4 is 16.3 Å². The smallest absolute Gasteiger partial charge is 0.194 e. The molecule has 2 saturated heterocycles. The first-order chi connectivity index (χ1) is 19.6. The van der Waals surface area contributed by atoms with E-state index in [-0.39, 0.29) is 24.8 Å². The highest BCUT2D eigenvalue weighted by atomic mass is 32.1. The minimum absolute atomic E-state index is 0.209. The van der Waals surface area contributed by atoms with Gasteiger partial charge in [0.2, 0.25) is 0 Å². The van der Waals surface area contributed by atoms with Crippen LogP contribution in [-0.4, -0.2) is 34.8 Å². The summed E-state index contributed by atoms with van der Waals surface area (Å²) >= 11 is 1.64. The predicted molar refractivity (Wildman–Crippen MR) is 161 cm³/mol. The van der Waals surface area contributed by atoms with Crippen LogP contribution in [0.1, 0.15) is 115 Å². The van der Waals surface area contributed by atoms with Crippen molar-refractivity contribution in [1.29, 1.82) is 0 Å². The normalized spacial score (nSPS) is 27.4. The highest BCUT2D eigenvalue weighted by molar-refractivity contribution is 7.17. The summed E-state index contributed by atoms with van der Waals surface area (Å²) in [6.45, 7) is 10.4. The first-order valence-corrected chi connectivity index (χ1v) is 16.5. The third kappa shape index (κ3) is 7.35. The van der Waals surface area contributed by atoms with Crippen molar-refractivity contribution in [2.75, 3.05) is 13.2 Å². The number of imidazole rings is 1. The molecule has 0 saturated carbocycles. The Morgan fingerprint density at radius 2 is 1.38 bits per heavy atom. The molecule has 40 heavy (non-hydrogen) atoms. The van der Waals surface area contributed by atoms with Crippen LogP contribution in [0, 0.1) is 11.8 Å². The minimum Gasteiger partial charge on any atom is -0.348 e. The molecule has 0 aliphatic carbocycles. The number of benzene rings is 1. The second-order valence-corrected chi connectivity index (χ2v) is 12.8. The van der Waals surface area contributed by atoms with Gasteiger partial charge in [0.25, 0.3) is 0 Å². The molecule has 2 aliphatic heterocycles. The van der Waals surface area contributed by atoms with Crippen molar-refractivity contribution in [3.63, 3.8) is 0 Å². The summed E-state index contributed by atoms with van der Waals surface area (Å²) in [6.07, 6.45) is 16.7. The van der Waals surface area contributed by atoms with Crippen molar-refractivity contribution in [3.8, 4) is 11.3 Å². The number of hydrogen-bond donors (Lipinski definition) is 0. The largest absolute Gasteiger partial charge is 0.348 e. The molecule has 2 fully saturated rings. The second kappa shape index (κ2) is 14.4. The summed E-state index contributed by atoms with van der Waals surface area (Å²) in [7, 11) is 0. The van der Waals surface area contributed by atoms with Crippen LogP contribution in [0.25, 0.3) is 16.2 Å². The van der Waals surface area contributed by atoms with Gasteiger partial charge in [-0.3, -0.25) is 4.40 Å². The molecule has 1 aromatic carbocycles. The number of aromatic nitrogens is 2. The molecule has 6 atom stereocenters. The molecule has 5 rings (SSSR count). The van der Waals surface area contributed by atoms with Gasteiger partial charge in [-0.15, -0.1) is 0 Å². The number of unbranched alkanes of at least 4 members (excludes halogenated alkanes) is 6. The van der Waals surface area contributed by atoms with Gasteiger partial charge in [-0.1, -0.05) is 101 Å². The van der Waals surface area contributed by atoms with Gasteiger partial charge in [0.1, 0.15) is 0 Å². The fourth-order valence-electron chi connectivity index (χ4n) is 5.88. The summed E-state index contributed by atoms with van der Waals surface area (Å²) in [4.78, 5) is 6.93. The van der Waals surface area contributed by atoms with Crippen LogP contribution in [0.2, 0.25) is 0 Å². The lowest BCUT2D eigenvalue weighted by atomic mass is 9.95. The minimum atomic E-state index is -0.301. The van der Waals surface area contributed by atoms with Gasteiger partial charge in [-0.25, -0.2) is 4.98 Å². The van der Waals surface area contributed by atoms with E-state index in [1.165, 1.54) is 64.2 Å². The van der Waals surface area contributed by atoms with Gasteiger partial charge in [0.05, 0.1) is 36.0 Å². The number of nitrogens with zero attached hydrogens (tertiary/aromatic N) is 2. The summed E-state index contributed by atoms with van der Waals surface area (Å²) < 4.78 is 26.9. The van der Waals surface area contributed by atoms with Crippen LogP contribution in [0.4, 0.5) is 0 Å². The first-order valence-electron chi connectivity index (χ1n) is 15.7. The third-order valence-corrected chi connectivity index (χ3v) is 9.69. The average Bonchev–Trinajstić information content (AvgIpc) is 3.55. The Bertz CT molecular complexity index is 1140. The molecule has 7 heteroatoms. The summed E-state index contributed by atoms with van der Waals surface area (Å²) in [5.74, 6) is 0.969. The summed E-state index contributed by atoms with van der Waals surface area (Å²) in [5.41, 5.74) is 3.11. The van der Waals surface area contributed by atoms with Gasteiger partial charge >= 0.3 is 0 Å². The van der Waals surface area contributed by atoms with E-state index in [0.717, 1.165) is 39.9 Å². The molecule has 2 aliphatic rings. The zero-order valence-electron chi connectivity index (χ0n) is 24.8. The van der Waals surface area contributed by atoms with Crippen LogP contribution >= 0.6 is 11.3 Å². The maximum absolute atomic E-state index is 6.29. The number of ether oxygens (including phenoxy) is 4. The Morgan fingerprint density at radius 1 is 0.775 bits per heavy atom. The van der Waals surface area contributed by atoms with Crippen LogP contribution < -0.4 is 0 Å². The lowest BCUT2D eigenvalue weighted by molar-refractivity contribution is -0.237. The van der Waals surface area contributed by atoms with Gasteiger partial charge in [0.15, 0.2) is 17.5 Å². The Hall–Kier alpha value is -1.77. The van der Waals surface area contributed by atoms with E-state index in [1.54, 1.807) is 11.3 Å². The van der Waals surface area contributed by atoms with Crippen molar-refractivity contribution in [2.45, 2.75) is 117 Å². The van der Waals surface area contributed by atoms with E-state index in [2.05, 4.69) is 68.8 Å². The van der Waals surface area contributed by atoms with E-state index in [0.29, 0.717) is 11.8 Å². The summed E-state index contributed by atoms with van der Waals surface area (Å²) in [5, 5.41) is 0. The summed E-state index contributed by atoms with van der Waals surface area (Å²) in [6, 6.07) is 8.45. The molecule has 0 bridgehead atoms. The van der Waals surface area contributed by atoms with Crippen LogP contribution in [0.5, 0.6) is 0 Å². The Kier molecular flexibility index (Phi) is 10.7. The molecule has 2 aromatic heterocycles. The predicted octanol–water partition coefficient (Wildman–Crippen LogP) is 9.10. The fourth-order valence-corrected chi connectivity index (χ4v) is 6.83. The molecule has 0 N–H and O–H groups in total. The van der Waals surface area contributed by atoms with E-state index in [1.807, 2.05) is 0 Å². The third-order valence-electron chi connectivity index (χ3n) is 8.67. The number of hydrogen-bond acceptors (Lipinski definition) is 6. The number of fused-ring (bicyclic) bond motifs is 1. The molecule has 6 unspecified atom stereocenters. The zero-order valence-corrected chi connectivity index (χ0v) is 25.7. The molecule has 220 valence electrons. The Labute approximate surface area is 244 Å². The van der Waals surface area contributed by atoms with E-state index >= 15 is 0 Å². The monoisotopic (exact) mass is 568 g/mol. The van der Waals surface area contributed by atoms with Crippen LogP contribution in [0.3, 0.4) is 0 Å². The zero-order chi connectivity index (χ0) is 27.9. The Balaban J connectivity index is 1.14. The molecule has 4 heterocycles. The first kappa shape index (κ1) is 29.7. The fraction of sp³-hybridized carbons (Fsp3) is 0.667. The maximum Gasteiger partial charge on any atom is 0.194 e. The SMILES string of the molecule is CCCCCCC1COC(c2ccc(-c3cn4cc(C5OCC(CCCCCC)C(C)O5)sc4n3)cc2)OC1C. The highest BCUT2D eigenvalue weighted by Crippen LogP contribution is 2.36. The average molecular weight is 569 g/mol. The van der Waals surface area contributed by atoms with E-state index in [4.69, 9.17) is 23.9 Å². The number of rotatable bonds is 13. The molecule has 6 nitrogen and oxygen atoms in total. The number of thiazole rings is 1. The van der Waals surface area contributed by atoms with Crippen LogP contribution in [0.15, 0.2) is 36.7 Å². The topological polar surface area (TPSA) is 54.2 Å². The molecule has 3 aromatic rings. The molecule has 0 spiro atoms. The van der Waals surface area contributed by atoms with Crippen molar-refractivity contribution in [3.05, 3.63) is 47.1 Å². The van der Waals surface area contributed by atoms with Gasteiger partial charge in [-0.2, -0.15) is 0 Å². The van der Waals surface area contributed by atoms with Gasteiger partial charge in [-0.05, 0) is 26.7 Å². The van der Waals surface area contributed by atoms with Crippen molar-refractivity contribution < 1.29 is 18.9 Å². The Morgan fingerprint density at radius 3 is 1.95 bits per heavy atom. The molecule has 0 amide bonds. The standard InChI is InChI=1S/C33H48N2O4S/c1-5-7-9-11-13-27-21-36-31(38-23(27)3)26-17-15-25(16-18-26)29-19-35-20-30(40-33(35)34-29)32-37-22-28(24(4)39-32)14-12-10-8-6-2/h15-20,23-24,27-28,31-32H,5-14,21-22H2,1-4H3. The van der Waals surface area contributed by atoms with Gasteiger partial charge in [0, 0.05) is 35.4 Å². The van der Waals surface area contributed by atoms with Crippen molar-refractivity contribution in [2.24, 2.45) is 11.8 Å². The van der Waals surface area contributed by atoms with Crippen molar-refractivity contribution in [1.82, 2.24) is 9.38 Å². The lowest BCUT2D eigenvalue weighted by Crippen LogP contribution is -2.34. The molecular formula is C33H48N2O4S.